The van der Waals surface area contributed by atoms with Gasteiger partial charge in [0, 0.05) is 12.0 Å². The zero-order valence-corrected chi connectivity index (χ0v) is 17.7. The van der Waals surface area contributed by atoms with Crippen LogP contribution in [-0.2, 0) is 4.79 Å². The summed E-state index contributed by atoms with van der Waals surface area (Å²) in [7, 11) is 1.59. The Bertz CT molecular complexity index is 831. The lowest BCUT2D eigenvalue weighted by molar-refractivity contribution is -0.129. The quantitative estimate of drug-likeness (QED) is 0.677. The van der Waals surface area contributed by atoms with Crippen molar-refractivity contribution in [2.24, 2.45) is 0 Å². The Labute approximate surface area is 173 Å². The summed E-state index contributed by atoms with van der Waals surface area (Å²) in [6.07, 6.45) is 2.48. The Morgan fingerprint density at radius 2 is 1.76 bits per heavy atom. The minimum Gasteiger partial charge on any atom is -0.493 e. The van der Waals surface area contributed by atoms with E-state index in [1.165, 1.54) is 0 Å². The summed E-state index contributed by atoms with van der Waals surface area (Å²) in [4.78, 5) is 13.1. The molecule has 0 fully saturated rings. The predicted molar refractivity (Wildman–Crippen MR) is 114 cm³/mol. The van der Waals surface area contributed by atoms with Gasteiger partial charge in [-0.05, 0) is 37.5 Å². The molecule has 2 atom stereocenters. The highest BCUT2D eigenvalue weighted by Gasteiger charge is 2.39. The van der Waals surface area contributed by atoms with E-state index in [4.69, 9.17) is 14.2 Å². The van der Waals surface area contributed by atoms with Crippen molar-refractivity contribution in [1.29, 1.82) is 0 Å². The fraction of sp³-hybridized carbons (Fsp3) is 0.458. The van der Waals surface area contributed by atoms with Gasteiger partial charge in [0.05, 0.1) is 13.2 Å². The fourth-order valence-electron chi connectivity index (χ4n) is 3.89. The van der Waals surface area contributed by atoms with Crippen molar-refractivity contribution in [2.75, 3.05) is 7.11 Å². The molecular formula is C24H31NO4. The Hall–Kier alpha value is -2.69. The van der Waals surface area contributed by atoms with Crippen molar-refractivity contribution in [3.05, 3.63) is 54.1 Å². The van der Waals surface area contributed by atoms with E-state index in [1.807, 2.05) is 55.5 Å². The molecule has 0 saturated carbocycles. The first kappa shape index (κ1) is 21.0. The molecule has 0 saturated heterocycles. The van der Waals surface area contributed by atoms with Crippen molar-refractivity contribution < 1.29 is 19.0 Å². The van der Waals surface area contributed by atoms with Gasteiger partial charge in [0.1, 0.15) is 11.4 Å². The van der Waals surface area contributed by atoms with Crippen LogP contribution in [0.5, 0.6) is 17.2 Å². The minimum atomic E-state index is -0.598. The maximum absolute atomic E-state index is 13.1. The third-order valence-electron chi connectivity index (χ3n) is 5.80. The molecule has 1 heterocycles. The van der Waals surface area contributed by atoms with E-state index in [9.17, 15) is 4.79 Å². The molecule has 0 aromatic heterocycles. The molecule has 0 aliphatic carbocycles. The van der Waals surface area contributed by atoms with Crippen molar-refractivity contribution in [2.45, 2.75) is 64.2 Å². The molecule has 5 nitrogen and oxygen atoms in total. The number of para-hydroxylation sites is 3. The molecule has 3 rings (SSSR count). The van der Waals surface area contributed by atoms with Crippen LogP contribution in [0.3, 0.4) is 0 Å². The molecule has 1 amide bonds. The molecule has 1 aliphatic heterocycles. The van der Waals surface area contributed by atoms with Crippen LogP contribution in [-0.4, -0.2) is 24.7 Å². The van der Waals surface area contributed by atoms with Gasteiger partial charge in [0.25, 0.3) is 5.91 Å². The summed E-state index contributed by atoms with van der Waals surface area (Å²) in [5.41, 5.74) is 0.753. The topological polar surface area (TPSA) is 56.8 Å². The summed E-state index contributed by atoms with van der Waals surface area (Å²) >= 11 is 0. The second-order valence-electron chi connectivity index (χ2n) is 7.46. The Morgan fingerprint density at radius 1 is 1.10 bits per heavy atom. The number of carbonyl (C=O) groups is 1. The van der Waals surface area contributed by atoms with Crippen LogP contribution in [0.25, 0.3) is 0 Å². The number of fused-ring (bicyclic) bond motifs is 1. The standard InChI is InChI=1S/C24H31NO4/c1-5-19(28-22-15-11-10-14-21(22)27-4)23(26)25-18-16-24(6-2,7-3)29-20-13-9-8-12-17(18)20/h8-15,18-19H,5-7,16H2,1-4H3,(H,25,26)/t18-,19-/m0/s1. The largest absolute Gasteiger partial charge is 0.493 e. The number of nitrogens with one attached hydrogen (secondary N) is 1. The van der Waals surface area contributed by atoms with Crippen LogP contribution >= 0.6 is 0 Å². The van der Waals surface area contributed by atoms with E-state index < -0.39 is 6.10 Å². The molecule has 0 radical (unpaired) electrons. The zero-order chi connectivity index (χ0) is 20.9. The number of amides is 1. The van der Waals surface area contributed by atoms with Gasteiger partial charge in [-0.2, -0.15) is 0 Å². The molecule has 2 aromatic rings. The summed E-state index contributed by atoms with van der Waals surface area (Å²) in [5, 5.41) is 3.22. The Morgan fingerprint density at radius 3 is 2.41 bits per heavy atom. The number of hydrogen-bond acceptors (Lipinski definition) is 4. The third kappa shape index (κ3) is 4.50. The first-order valence-electron chi connectivity index (χ1n) is 10.4. The second-order valence-corrected chi connectivity index (χ2v) is 7.46. The number of benzene rings is 2. The maximum atomic E-state index is 13.1. The van der Waals surface area contributed by atoms with E-state index in [0.717, 1.165) is 30.6 Å². The van der Waals surface area contributed by atoms with Crippen LogP contribution in [0.1, 0.15) is 58.1 Å². The summed E-state index contributed by atoms with van der Waals surface area (Å²) in [6.45, 7) is 6.21. The number of carbonyl (C=O) groups excluding carboxylic acids is 1. The van der Waals surface area contributed by atoms with Gasteiger partial charge in [-0.25, -0.2) is 0 Å². The first-order chi connectivity index (χ1) is 14.1. The molecule has 5 heteroatoms. The molecule has 0 bridgehead atoms. The van der Waals surface area contributed by atoms with E-state index in [0.29, 0.717) is 17.9 Å². The summed E-state index contributed by atoms with van der Waals surface area (Å²) in [5.74, 6) is 1.92. The van der Waals surface area contributed by atoms with Gasteiger partial charge >= 0.3 is 0 Å². The van der Waals surface area contributed by atoms with Gasteiger partial charge in [0.15, 0.2) is 17.6 Å². The molecule has 1 N–H and O–H groups in total. The third-order valence-corrected chi connectivity index (χ3v) is 5.80. The van der Waals surface area contributed by atoms with E-state index in [2.05, 4.69) is 19.2 Å². The molecule has 2 aromatic carbocycles. The van der Waals surface area contributed by atoms with E-state index in [-0.39, 0.29) is 17.6 Å². The van der Waals surface area contributed by atoms with Crippen LogP contribution in [0.2, 0.25) is 0 Å². The van der Waals surface area contributed by atoms with Gasteiger partial charge in [0.2, 0.25) is 0 Å². The SMILES string of the molecule is CC[C@H](Oc1ccccc1OC)C(=O)N[C@H]1CC(CC)(CC)Oc2ccccc21. The Balaban J connectivity index is 1.80. The van der Waals surface area contributed by atoms with Crippen molar-refractivity contribution in [3.63, 3.8) is 0 Å². The lowest BCUT2D eigenvalue weighted by Gasteiger charge is -2.42. The second kappa shape index (κ2) is 9.21. The smallest absolute Gasteiger partial charge is 0.261 e. The van der Waals surface area contributed by atoms with E-state index in [1.54, 1.807) is 7.11 Å². The number of rotatable bonds is 8. The van der Waals surface area contributed by atoms with Gasteiger partial charge < -0.3 is 19.5 Å². The van der Waals surface area contributed by atoms with Crippen LogP contribution in [0.15, 0.2) is 48.5 Å². The predicted octanol–water partition coefficient (Wildman–Crippen LogP) is 5.05. The van der Waals surface area contributed by atoms with Crippen LogP contribution in [0.4, 0.5) is 0 Å². The summed E-state index contributed by atoms with van der Waals surface area (Å²) < 4.78 is 17.7. The van der Waals surface area contributed by atoms with E-state index >= 15 is 0 Å². The maximum Gasteiger partial charge on any atom is 0.261 e. The number of hydrogen-bond donors (Lipinski definition) is 1. The monoisotopic (exact) mass is 397 g/mol. The molecule has 0 unspecified atom stereocenters. The molecule has 0 spiro atoms. The molecule has 29 heavy (non-hydrogen) atoms. The normalized spacial score (nSPS) is 18.1. The number of methoxy groups -OCH3 is 1. The lowest BCUT2D eigenvalue weighted by atomic mass is 9.83. The average molecular weight is 398 g/mol. The average Bonchev–Trinajstić information content (AvgIpc) is 2.77. The first-order valence-corrected chi connectivity index (χ1v) is 10.4. The van der Waals surface area contributed by atoms with Crippen molar-refractivity contribution >= 4 is 5.91 Å². The summed E-state index contributed by atoms with van der Waals surface area (Å²) in [6, 6.07) is 15.2. The van der Waals surface area contributed by atoms with Gasteiger partial charge in [-0.3, -0.25) is 4.79 Å². The van der Waals surface area contributed by atoms with Crippen molar-refractivity contribution in [3.8, 4) is 17.2 Å². The van der Waals surface area contributed by atoms with Crippen molar-refractivity contribution in [1.82, 2.24) is 5.32 Å². The highest BCUT2D eigenvalue weighted by molar-refractivity contribution is 5.81. The Kier molecular flexibility index (Phi) is 6.68. The van der Waals surface area contributed by atoms with Gasteiger partial charge in [-0.1, -0.05) is 51.1 Å². The highest BCUT2D eigenvalue weighted by atomic mass is 16.5. The minimum absolute atomic E-state index is 0.109. The highest BCUT2D eigenvalue weighted by Crippen LogP contribution is 2.42. The molecule has 1 aliphatic rings. The number of ether oxygens (including phenoxy) is 3. The van der Waals surface area contributed by atoms with Gasteiger partial charge in [-0.15, -0.1) is 0 Å². The lowest BCUT2D eigenvalue weighted by Crippen LogP contribution is -2.47. The molecular weight excluding hydrogens is 366 g/mol. The van der Waals surface area contributed by atoms with Crippen LogP contribution < -0.4 is 19.5 Å². The zero-order valence-electron chi connectivity index (χ0n) is 17.7. The molecule has 156 valence electrons. The van der Waals surface area contributed by atoms with Crippen LogP contribution in [0, 0.1) is 0 Å². The fourth-order valence-corrected chi connectivity index (χ4v) is 3.89.